The van der Waals surface area contributed by atoms with E-state index in [1.165, 1.54) is 0 Å². The Hall–Kier alpha value is -1.82. The molecule has 0 spiro atoms. The van der Waals surface area contributed by atoms with Gasteiger partial charge in [-0.15, -0.1) is 0 Å². The van der Waals surface area contributed by atoms with Gasteiger partial charge in [0.25, 0.3) is 0 Å². The fraction of sp³-hybridized carbons (Fsp3) is 0.286. The number of halogens is 1. The molecular weight excluding hydrogens is 324 g/mol. The van der Waals surface area contributed by atoms with Crippen molar-refractivity contribution in [3.8, 4) is 5.75 Å². The highest BCUT2D eigenvalue weighted by atomic mass is 79.9. The topological polar surface area (TPSA) is 64.4 Å². The Bertz CT molecular complexity index is 665. The van der Waals surface area contributed by atoms with Gasteiger partial charge in [-0.05, 0) is 35.8 Å². The highest BCUT2D eigenvalue weighted by molar-refractivity contribution is 9.10. The van der Waals surface area contributed by atoms with E-state index in [1.807, 2.05) is 13.8 Å². The molecule has 0 atom stereocenters. The van der Waals surface area contributed by atoms with Gasteiger partial charge in [-0.25, -0.2) is 4.79 Å². The average molecular weight is 339 g/mol. The standard InChI is InChI=1S/C14H15BrN2O3/c1-8-5-16-11(9(2)13(8)20-3)7-17-6-10(14(18)19)4-12(17)15/h4-6H,7H2,1-3H3,(H,18,19). The van der Waals surface area contributed by atoms with Crippen LogP contribution in [0.15, 0.2) is 23.1 Å². The van der Waals surface area contributed by atoms with Crippen LogP contribution < -0.4 is 4.74 Å². The van der Waals surface area contributed by atoms with E-state index < -0.39 is 5.97 Å². The number of aryl methyl sites for hydroxylation is 1. The lowest BCUT2D eigenvalue weighted by Crippen LogP contribution is -2.05. The molecule has 0 aromatic carbocycles. The molecule has 0 aliphatic heterocycles. The summed E-state index contributed by atoms with van der Waals surface area (Å²) in [6.07, 6.45) is 3.34. The van der Waals surface area contributed by atoms with E-state index in [1.54, 1.807) is 30.1 Å². The van der Waals surface area contributed by atoms with Crippen molar-refractivity contribution in [3.63, 3.8) is 0 Å². The quantitative estimate of drug-likeness (QED) is 0.930. The van der Waals surface area contributed by atoms with Crippen LogP contribution in [0.1, 0.15) is 27.2 Å². The first-order valence-electron chi connectivity index (χ1n) is 6.02. The van der Waals surface area contributed by atoms with Crippen LogP contribution in [0.5, 0.6) is 5.75 Å². The second-order valence-corrected chi connectivity index (χ2v) is 5.34. The highest BCUT2D eigenvalue weighted by Crippen LogP contribution is 2.25. The number of methoxy groups -OCH3 is 1. The number of hydrogen-bond acceptors (Lipinski definition) is 3. The van der Waals surface area contributed by atoms with Crippen molar-refractivity contribution in [3.05, 3.63) is 45.4 Å². The van der Waals surface area contributed by atoms with Crippen LogP contribution in [-0.4, -0.2) is 27.7 Å². The summed E-state index contributed by atoms with van der Waals surface area (Å²) < 4.78 is 7.88. The largest absolute Gasteiger partial charge is 0.496 e. The molecule has 2 aromatic heterocycles. The Morgan fingerprint density at radius 3 is 2.75 bits per heavy atom. The van der Waals surface area contributed by atoms with Crippen molar-refractivity contribution in [2.45, 2.75) is 20.4 Å². The van der Waals surface area contributed by atoms with Crippen LogP contribution in [0.4, 0.5) is 0 Å². The van der Waals surface area contributed by atoms with E-state index in [9.17, 15) is 4.79 Å². The third-order valence-electron chi connectivity index (χ3n) is 3.16. The van der Waals surface area contributed by atoms with Gasteiger partial charge < -0.3 is 14.4 Å². The number of rotatable bonds is 4. The number of aromatic carboxylic acids is 1. The lowest BCUT2D eigenvalue weighted by atomic mass is 10.1. The molecule has 2 rings (SSSR count). The summed E-state index contributed by atoms with van der Waals surface area (Å²) >= 11 is 3.36. The summed E-state index contributed by atoms with van der Waals surface area (Å²) in [5.41, 5.74) is 3.03. The van der Waals surface area contributed by atoms with Crippen molar-refractivity contribution in [1.29, 1.82) is 0 Å². The maximum absolute atomic E-state index is 11.0. The summed E-state index contributed by atoms with van der Waals surface area (Å²) in [6, 6.07) is 1.57. The molecule has 0 radical (unpaired) electrons. The van der Waals surface area contributed by atoms with E-state index in [4.69, 9.17) is 9.84 Å². The fourth-order valence-corrected chi connectivity index (χ4v) is 2.58. The minimum atomic E-state index is -0.949. The van der Waals surface area contributed by atoms with Gasteiger partial charge in [0.15, 0.2) is 0 Å². The maximum Gasteiger partial charge on any atom is 0.337 e. The molecule has 0 fully saturated rings. The van der Waals surface area contributed by atoms with Crippen molar-refractivity contribution >= 4 is 21.9 Å². The van der Waals surface area contributed by atoms with Crippen molar-refractivity contribution in [1.82, 2.24) is 9.55 Å². The Morgan fingerprint density at radius 1 is 1.50 bits per heavy atom. The van der Waals surface area contributed by atoms with Gasteiger partial charge >= 0.3 is 5.97 Å². The molecule has 2 aromatic rings. The molecule has 0 aliphatic carbocycles. The van der Waals surface area contributed by atoms with Crippen LogP contribution in [0.25, 0.3) is 0 Å². The minimum absolute atomic E-state index is 0.244. The van der Waals surface area contributed by atoms with Crippen molar-refractivity contribution in [2.24, 2.45) is 0 Å². The van der Waals surface area contributed by atoms with Crippen LogP contribution in [-0.2, 0) is 6.54 Å². The zero-order valence-electron chi connectivity index (χ0n) is 11.5. The molecular formula is C14H15BrN2O3. The van der Waals surface area contributed by atoms with Gasteiger partial charge in [0.05, 0.1) is 29.5 Å². The molecule has 6 heteroatoms. The van der Waals surface area contributed by atoms with Crippen LogP contribution in [0, 0.1) is 13.8 Å². The summed E-state index contributed by atoms with van der Waals surface area (Å²) in [4.78, 5) is 15.4. The lowest BCUT2D eigenvalue weighted by molar-refractivity contribution is 0.0697. The van der Waals surface area contributed by atoms with Gasteiger partial charge in [-0.3, -0.25) is 4.98 Å². The minimum Gasteiger partial charge on any atom is -0.496 e. The smallest absolute Gasteiger partial charge is 0.337 e. The normalized spacial score (nSPS) is 10.6. The van der Waals surface area contributed by atoms with Gasteiger partial charge in [-0.1, -0.05) is 0 Å². The van der Waals surface area contributed by atoms with Crippen molar-refractivity contribution in [2.75, 3.05) is 7.11 Å². The van der Waals surface area contributed by atoms with Crippen LogP contribution in [0.3, 0.4) is 0 Å². The zero-order valence-corrected chi connectivity index (χ0v) is 13.1. The van der Waals surface area contributed by atoms with E-state index in [2.05, 4.69) is 20.9 Å². The molecule has 0 saturated carbocycles. The van der Waals surface area contributed by atoms with Crippen LogP contribution >= 0.6 is 15.9 Å². The monoisotopic (exact) mass is 338 g/mol. The molecule has 2 heterocycles. The SMILES string of the molecule is COc1c(C)cnc(Cn2cc(C(=O)O)cc2Br)c1C. The first-order chi connectivity index (χ1) is 9.43. The molecule has 0 saturated heterocycles. The van der Waals surface area contributed by atoms with Gasteiger partial charge in [-0.2, -0.15) is 0 Å². The molecule has 0 bridgehead atoms. The maximum atomic E-state index is 11.0. The Labute approximate surface area is 125 Å². The van der Waals surface area contributed by atoms with Crippen molar-refractivity contribution < 1.29 is 14.6 Å². The number of nitrogens with zero attached hydrogens (tertiary/aromatic N) is 2. The first kappa shape index (κ1) is 14.6. The summed E-state index contributed by atoms with van der Waals surface area (Å²) in [5, 5.41) is 8.99. The van der Waals surface area contributed by atoms with E-state index in [-0.39, 0.29) is 5.56 Å². The Morgan fingerprint density at radius 2 is 2.20 bits per heavy atom. The molecule has 1 N–H and O–H groups in total. The third kappa shape index (κ3) is 2.70. The summed E-state index contributed by atoms with van der Waals surface area (Å²) in [5.74, 6) is -0.132. The zero-order chi connectivity index (χ0) is 14.9. The highest BCUT2D eigenvalue weighted by Gasteiger charge is 2.13. The molecule has 5 nitrogen and oxygen atoms in total. The van der Waals surface area contributed by atoms with Gasteiger partial charge in [0.1, 0.15) is 5.75 Å². The Kier molecular flexibility index (Phi) is 4.13. The Balaban J connectivity index is 2.38. The molecule has 0 unspecified atom stereocenters. The van der Waals surface area contributed by atoms with E-state index >= 15 is 0 Å². The van der Waals surface area contributed by atoms with Gasteiger partial charge in [0.2, 0.25) is 0 Å². The molecule has 20 heavy (non-hydrogen) atoms. The molecule has 0 amide bonds. The van der Waals surface area contributed by atoms with Gasteiger partial charge in [0, 0.05) is 23.5 Å². The molecule has 0 aliphatic rings. The number of carboxylic acids is 1. The summed E-state index contributed by atoms with van der Waals surface area (Å²) in [7, 11) is 1.63. The second-order valence-electron chi connectivity index (χ2n) is 4.53. The number of ether oxygens (including phenoxy) is 1. The predicted octanol–water partition coefficient (Wildman–Crippen LogP) is 3.02. The number of aromatic nitrogens is 2. The fourth-order valence-electron chi connectivity index (χ4n) is 2.11. The number of carboxylic acid groups (broad SMARTS) is 1. The second kappa shape index (κ2) is 5.66. The number of carbonyl (C=O) groups is 1. The van der Waals surface area contributed by atoms with Crippen LogP contribution in [0.2, 0.25) is 0 Å². The number of pyridine rings is 1. The third-order valence-corrected chi connectivity index (χ3v) is 3.85. The number of hydrogen-bond donors (Lipinski definition) is 1. The molecule has 106 valence electrons. The average Bonchev–Trinajstić information content (AvgIpc) is 2.75. The first-order valence-corrected chi connectivity index (χ1v) is 6.81. The summed E-state index contributed by atoms with van der Waals surface area (Å²) in [6.45, 7) is 4.37. The van der Waals surface area contributed by atoms with E-state index in [0.717, 1.165) is 22.6 Å². The predicted molar refractivity (Wildman–Crippen MR) is 78.5 cm³/mol. The lowest BCUT2D eigenvalue weighted by Gasteiger charge is -2.13. The van der Waals surface area contributed by atoms with E-state index in [0.29, 0.717) is 11.1 Å².